The number of carbonyl (C=O) groups excluding carboxylic acids is 1. The minimum absolute atomic E-state index is 0.00693. The van der Waals surface area contributed by atoms with Crippen molar-refractivity contribution in [2.24, 2.45) is 0 Å². The Kier molecular flexibility index (Phi) is 4.91. The van der Waals surface area contributed by atoms with Gasteiger partial charge in [-0.05, 0) is 36.8 Å². The fraction of sp³-hybridized carbons (Fsp3) is 0.250. The number of anilines is 2. The van der Waals surface area contributed by atoms with Crippen molar-refractivity contribution in [2.75, 3.05) is 16.8 Å². The van der Waals surface area contributed by atoms with Gasteiger partial charge < -0.3 is 10.6 Å². The van der Waals surface area contributed by atoms with Gasteiger partial charge in [-0.25, -0.2) is 17.8 Å². The molecule has 1 aliphatic heterocycles. The van der Waals surface area contributed by atoms with E-state index in [0.717, 1.165) is 0 Å². The highest BCUT2D eigenvalue weighted by molar-refractivity contribution is 7.91. The van der Waals surface area contributed by atoms with Crippen LogP contribution in [0.4, 0.5) is 15.9 Å². The van der Waals surface area contributed by atoms with Crippen LogP contribution in [0, 0.1) is 5.82 Å². The summed E-state index contributed by atoms with van der Waals surface area (Å²) in [5.41, 5.74) is 0.888. The number of sulfone groups is 1. The highest BCUT2D eigenvalue weighted by Crippen LogP contribution is 2.22. The van der Waals surface area contributed by atoms with Crippen molar-refractivity contribution in [3.8, 4) is 0 Å². The van der Waals surface area contributed by atoms with Gasteiger partial charge in [0, 0.05) is 17.9 Å². The van der Waals surface area contributed by atoms with Crippen LogP contribution in [-0.2, 0) is 9.84 Å². The number of halogens is 2. The number of hydrogen-bond acceptors (Lipinski definition) is 5. The van der Waals surface area contributed by atoms with Gasteiger partial charge in [0.1, 0.15) is 11.6 Å². The first-order valence-electron chi connectivity index (χ1n) is 7.52. The molecule has 0 aliphatic carbocycles. The average Bonchev–Trinajstić information content (AvgIpc) is 2.90. The van der Waals surface area contributed by atoms with Gasteiger partial charge in [-0.2, -0.15) is 0 Å². The molecule has 6 nitrogen and oxygen atoms in total. The third-order valence-corrected chi connectivity index (χ3v) is 5.84. The number of aromatic nitrogens is 1. The van der Waals surface area contributed by atoms with Crippen LogP contribution >= 0.6 is 11.6 Å². The van der Waals surface area contributed by atoms with Gasteiger partial charge >= 0.3 is 0 Å². The molecule has 1 amide bonds. The first kappa shape index (κ1) is 17.6. The molecule has 3 rings (SSSR count). The van der Waals surface area contributed by atoms with Crippen molar-refractivity contribution < 1.29 is 17.6 Å². The van der Waals surface area contributed by atoms with Gasteiger partial charge in [-0.1, -0.05) is 11.6 Å². The molecular formula is C16H15ClFN3O3S. The van der Waals surface area contributed by atoms with Crippen molar-refractivity contribution in [3.05, 3.63) is 52.9 Å². The summed E-state index contributed by atoms with van der Waals surface area (Å²) in [6, 6.07) is 6.99. The Morgan fingerprint density at radius 2 is 2.08 bits per heavy atom. The number of hydrogen-bond donors (Lipinski definition) is 2. The molecular weight excluding hydrogens is 369 g/mol. The van der Waals surface area contributed by atoms with Crippen molar-refractivity contribution in [3.63, 3.8) is 0 Å². The highest BCUT2D eigenvalue weighted by Gasteiger charge is 2.29. The average molecular weight is 384 g/mol. The Morgan fingerprint density at radius 3 is 2.68 bits per heavy atom. The predicted octanol–water partition coefficient (Wildman–Crippen LogP) is 2.53. The van der Waals surface area contributed by atoms with E-state index in [4.69, 9.17) is 11.6 Å². The van der Waals surface area contributed by atoms with Gasteiger partial charge in [0.2, 0.25) is 0 Å². The second-order valence-electron chi connectivity index (χ2n) is 5.76. The quantitative estimate of drug-likeness (QED) is 0.847. The molecule has 2 aromatic rings. The van der Waals surface area contributed by atoms with E-state index in [-0.39, 0.29) is 28.5 Å². The molecule has 2 N–H and O–H groups in total. The van der Waals surface area contributed by atoms with E-state index in [0.29, 0.717) is 23.5 Å². The molecule has 9 heteroatoms. The maximum Gasteiger partial charge on any atom is 0.253 e. The van der Waals surface area contributed by atoms with Gasteiger partial charge in [0.15, 0.2) is 9.84 Å². The Labute approximate surface area is 149 Å². The van der Waals surface area contributed by atoms with Crippen LogP contribution in [-0.4, -0.2) is 36.9 Å². The zero-order chi connectivity index (χ0) is 18.0. The number of benzene rings is 1. The lowest BCUT2D eigenvalue weighted by Crippen LogP contribution is -2.35. The summed E-state index contributed by atoms with van der Waals surface area (Å²) in [5.74, 6) is -0.356. The molecule has 0 spiro atoms. The van der Waals surface area contributed by atoms with Crippen LogP contribution in [0.1, 0.15) is 16.8 Å². The summed E-state index contributed by atoms with van der Waals surface area (Å²) in [5, 5.41) is 5.64. The molecule has 132 valence electrons. The predicted molar refractivity (Wildman–Crippen MR) is 93.5 cm³/mol. The molecule has 1 unspecified atom stereocenters. The molecule has 0 saturated carbocycles. The molecule has 1 aromatic heterocycles. The molecule has 25 heavy (non-hydrogen) atoms. The molecule has 2 heterocycles. The lowest BCUT2D eigenvalue weighted by Gasteiger charge is -2.11. The molecule has 1 aromatic carbocycles. The third kappa shape index (κ3) is 4.46. The monoisotopic (exact) mass is 383 g/mol. The van der Waals surface area contributed by atoms with Crippen molar-refractivity contribution in [1.82, 2.24) is 10.3 Å². The van der Waals surface area contributed by atoms with Crippen LogP contribution in [0.3, 0.4) is 0 Å². The van der Waals surface area contributed by atoms with Crippen LogP contribution in [0.5, 0.6) is 0 Å². The zero-order valence-electron chi connectivity index (χ0n) is 13.0. The van der Waals surface area contributed by atoms with Crippen LogP contribution in [0.2, 0.25) is 5.02 Å². The molecule has 0 bridgehead atoms. The SMILES string of the molecule is O=C(NC1CCS(=O)(=O)C1)c1ccc(Nc2ccc(F)c(Cl)c2)nc1. The summed E-state index contributed by atoms with van der Waals surface area (Å²) in [7, 11) is -3.05. The van der Waals surface area contributed by atoms with Crippen LogP contribution in [0.25, 0.3) is 0 Å². The summed E-state index contributed by atoms with van der Waals surface area (Å²) in [6.07, 6.45) is 1.80. The second kappa shape index (κ2) is 6.97. The van der Waals surface area contributed by atoms with Gasteiger partial charge in [0.25, 0.3) is 5.91 Å². The van der Waals surface area contributed by atoms with E-state index >= 15 is 0 Å². The van der Waals surface area contributed by atoms with Gasteiger partial charge in [-0.15, -0.1) is 0 Å². The standard InChI is InChI=1S/C16H15ClFN3O3S/c17-13-7-11(2-3-14(13)18)20-15-4-1-10(8-19-15)16(22)21-12-5-6-25(23,24)9-12/h1-4,7-8,12H,5-6,9H2,(H,19,20)(H,21,22). The molecule has 1 atom stereocenters. The lowest BCUT2D eigenvalue weighted by atomic mass is 10.2. The highest BCUT2D eigenvalue weighted by atomic mass is 35.5. The van der Waals surface area contributed by atoms with Gasteiger partial charge in [-0.3, -0.25) is 4.79 Å². The minimum atomic E-state index is -3.05. The van der Waals surface area contributed by atoms with E-state index in [2.05, 4.69) is 15.6 Å². The normalized spacial score (nSPS) is 18.7. The van der Waals surface area contributed by atoms with Crippen molar-refractivity contribution in [2.45, 2.75) is 12.5 Å². The Balaban J connectivity index is 1.63. The van der Waals surface area contributed by atoms with Crippen molar-refractivity contribution >= 4 is 38.9 Å². The van der Waals surface area contributed by atoms with E-state index in [9.17, 15) is 17.6 Å². The van der Waals surface area contributed by atoms with E-state index in [1.54, 1.807) is 12.1 Å². The summed E-state index contributed by atoms with van der Waals surface area (Å²) >= 11 is 5.72. The fourth-order valence-corrected chi connectivity index (χ4v) is 4.36. The second-order valence-corrected chi connectivity index (χ2v) is 8.40. The fourth-order valence-electron chi connectivity index (χ4n) is 2.50. The molecule has 1 aliphatic rings. The summed E-state index contributed by atoms with van der Waals surface area (Å²) < 4.78 is 36.0. The smallest absolute Gasteiger partial charge is 0.253 e. The number of carbonyl (C=O) groups is 1. The minimum Gasteiger partial charge on any atom is -0.348 e. The molecule has 0 radical (unpaired) electrons. The van der Waals surface area contributed by atoms with Crippen LogP contribution < -0.4 is 10.6 Å². The topological polar surface area (TPSA) is 88.2 Å². The number of amides is 1. The van der Waals surface area contributed by atoms with Crippen molar-refractivity contribution in [1.29, 1.82) is 0 Å². The number of rotatable bonds is 4. The van der Waals surface area contributed by atoms with E-state index in [1.807, 2.05) is 0 Å². The number of nitrogens with one attached hydrogen (secondary N) is 2. The number of pyridine rings is 1. The first-order chi connectivity index (χ1) is 11.8. The van der Waals surface area contributed by atoms with Gasteiger partial charge in [0.05, 0.1) is 22.1 Å². The maximum atomic E-state index is 13.1. The first-order valence-corrected chi connectivity index (χ1v) is 9.72. The molecule has 1 saturated heterocycles. The zero-order valence-corrected chi connectivity index (χ0v) is 14.6. The summed E-state index contributed by atoms with van der Waals surface area (Å²) in [6.45, 7) is 0. The van der Waals surface area contributed by atoms with E-state index < -0.39 is 15.7 Å². The van der Waals surface area contributed by atoms with Crippen LogP contribution in [0.15, 0.2) is 36.5 Å². The Hall–Kier alpha value is -2.19. The van der Waals surface area contributed by atoms with E-state index in [1.165, 1.54) is 24.4 Å². The maximum absolute atomic E-state index is 13.1. The third-order valence-electron chi connectivity index (χ3n) is 3.79. The summed E-state index contributed by atoms with van der Waals surface area (Å²) in [4.78, 5) is 16.3. The Bertz CT molecular complexity index is 903. The largest absolute Gasteiger partial charge is 0.348 e. The number of nitrogens with zero attached hydrogens (tertiary/aromatic N) is 1. The Morgan fingerprint density at radius 1 is 1.28 bits per heavy atom. The lowest BCUT2D eigenvalue weighted by molar-refractivity contribution is 0.0941. The molecule has 1 fully saturated rings.